The molecule has 1 saturated carbocycles. The van der Waals surface area contributed by atoms with Gasteiger partial charge in [0.2, 0.25) is 0 Å². The first-order chi connectivity index (χ1) is 9.29. The van der Waals surface area contributed by atoms with Gasteiger partial charge in [-0.2, -0.15) is 0 Å². The average molecular weight is 270 g/mol. The normalized spacial score (nSPS) is 30.6. The van der Waals surface area contributed by atoms with Crippen LogP contribution in [0.5, 0.6) is 0 Å². The number of hydrogen-bond acceptors (Lipinski definition) is 4. The molecule has 112 valence electrons. The highest BCUT2D eigenvalue weighted by Crippen LogP contribution is 2.26. The van der Waals surface area contributed by atoms with E-state index in [-0.39, 0.29) is 6.61 Å². The lowest BCUT2D eigenvalue weighted by atomic mass is 9.88. The largest absolute Gasteiger partial charge is 0.395 e. The fourth-order valence-electron chi connectivity index (χ4n) is 3.24. The van der Waals surface area contributed by atoms with Crippen molar-refractivity contribution in [1.82, 2.24) is 9.80 Å². The van der Waals surface area contributed by atoms with Crippen molar-refractivity contribution in [2.24, 2.45) is 5.92 Å². The summed E-state index contributed by atoms with van der Waals surface area (Å²) in [6, 6.07) is 0. The quantitative estimate of drug-likeness (QED) is 0.786. The summed E-state index contributed by atoms with van der Waals surface area (Å²) >= 11 is 0. The van der Waals surface area contributed by atoms with Gasteiger partial charge >= 0.3 is 0 Å². The molecule has 0 amide bonds. The number of ether oxygens (including phenoxy) is 1. The summed E-state index contributed by atoms with van der Waals surface area (Å²) < 4.78 is 6.08. The Morgan fingerprint density at radius 3 is 2.26 bits per heavy atom. The van der Waals surface area contributed by atoms with E-state index in [4.69, 9.17) is 9.84 Å². The van der Waals surface area contributed by atoms with Crippen LogP contribution in [0.25, 0.3) is 0 Å². The summed E-state index contributed by atoms with van der Waals surface area (Å²) in [4.78, 5) is 4.82. The minimum atomic E-state index is 0.280. The fraction of sp³-hybridized carbons (Fsp3) is 1.00. The predicted octanol–water partition coefficient (Wildman–Crippen LogP) is 1.19. The monoisotopic (exact) mass is 270 g/mol. The molecule has 0 radical (unpaired) electrons. The van der Waals surface area contributed by atoms with E-state index in [0.29, 0.717) is 6.10 Å². The molecule has 1 aliphatic heterocycles. The minimum Gasteiger partial charge on any atom is -0.395 e. The molecule has 2 aliphatic rings. The number of aliphatic hydroxyl groups excluding tert-OH is 1. The second-order valence-corrected chi connectivity index (χ2v) is 6.08. The van der Waals surface area contributed by atoms with E-state index in [2.05, 4.69) is 16.7 Å². The van der Waals surface area contributed by atoms with Crippen LogP contribution in [0.15, 0.2) is 0 Å². The fourth-order valence-corrected chi connectivity index (χ4v) is 3.24. The summed E-state index contributed by atoms with van der Waals surface area (Å²) in [6.45, 7) is 9.78. The Hall–Kier alpha value is -0.160. The van der Waals surface area contributed by atoms with Gasteiger partial charge in [0.25, 0.3) is 0 Å². The zero-order valence-electron chi connectivity index (χ0n) is 12.4. The summed E-state index contributed by atoms with van der Waals surface area (Å²) in [5, 5.41) is 8.92. The number of hydrogen-bond donors (Lipinski definition) is 1. The number of nitrogens with zero attached hydrogens (tertiary/aromatic N) is 2. The lowest BCUT2D eigenvalue weighted by Crippen LogP contribution is -2.48. The van der Waals surface area contributed by atoms with Crippen molar-refractivity contribution in [3.63, 3.8) is 0 Å². The molecule has 2 rings (SSSR count). The molecule has 2 fully saturated rings. The SMILES string of the molecule is CC1CCCCC1OCCN1CCN(CCO)CC1. The van der Waals surface area contributed by atoms with E-state index in [0.717, 1.165) is 51.8 Å². The Balaban J connectivity index is 1.56. The number of β-amino-alcohol motifs (C(OH)–C–C–N with tert-alkyl or cyclic N) is 1. The van der Waals surface area contributed by atoms with Gasteiger partial charge in [-0.05, 0) is 18.8 Å². The molecule has 1 aliphatic carbocycles. The van der Waals surface area contributed by atoms with Crippen molar-refractivity contribution < 1.29 is 9.84 Å². The highest BCUT2D eigenvalue weighted by Gasteiger charge is 2.22. The van der Waals surface area contributed by atoms with Crippen LogP contribution in [-0.4, -0.2) is 73.5 Å². The topological polar surface area (TPSA) is 35.9 Å². The predicted molar refractivity (Wildman–Crippen MR) is 77.3 cm³/mol. The zero-order chi connectivity index (χ0) is 13.5. The number of aliphatic hydroxyl groups is 1. The van der Waals surface area contributed by atoms with Crippen LogP contribution in [0.1, 0.15) is 32.6 Å². The zero-order valence-corrected chi connectivity index (χ0v) is 12.4. The van der Waals surface area contributed by atoms with Gasteiger partial charge < -0.3 is 9.84 Å². The van der Waals surface area contributed by atoms with Crippen molar-refractivity contribution in [3.05, 3.63) is 0 Å². The minimum absolute atomic E-state index is 0.280. The van der Waals surface area contributed by atoms with E-state index in [1.807, 2.05) is 0 Å². The molecule has 19 heavy (non-hydrogen) atoms. The third kappa shape index (κ3) is 5.03. The van der Waals surface area contributed by atoms with Crippen LogP contribution in [0.4, 0.5) is 0 Å². The maximum absolute atomic E-state index is 8.92. The Labute approximate surface area is 117 Å². The number of rotatable bonds is 6. The van der Waals surface area contributed by atoms with E-state index in [9.17, 15) is 0 Å². The maximum Gasteiger partial charge on any atom is 0.0601 e. The summed E-state index contributed by atoms with van der Waals surface area (Å²) in [5.41, 5.74) is 0. The molecule has 0 bridgehead atoms. The van der Waals surface area contributed by atoms with Gasteiger partial charge in [-0.1, -0.05) is 19.8 Å². The maximum atomic E-state index is 8.92. The first-order valence-corrected chi connectivity index (χ1v) is 7.97. The summed E-state index contributed by atoms with van der Waals surface area (Å²) in [5.74, 6) is 0.746. The summed E-state index contributed by atoms with van der Waals surface area (Å²) in [6.07, 6.45) is 5.82. The van der Waals surface area contributed by atoms with Gasteiger partial charge in [-0.15, -0.1) is 0 Å². The lowest BCUT2D eigenvalue weighted by molar-refractivity contribution is -0.0183. The third-order valence-electron chi connectivity index (χ3n) is 4.65. The highest BCUT2D eigenvalue weighted by molar-refractivity contribution is 4.74. The Kier molecular flexibility index (Phi) is 6.57. The van der Waals surface area contributed by atoms with Crippen molar-refractivity contribution in [3.8, 4) is 0 Å². The third-order valence-corrected chi connectivity index (χ3v) is 4.65. The second kappa shape index (κ2) is 8.20. The van der Waals surface area contributed by atoms with Crippen molar-refractivity contribution >= 4 is 0 Å². The van der Waals surface area contributed by atoms with Gasteiger partial charge in [-0.25, -0.2) is 0 Å². The van der Waals surface area contributed by atoms with Crippen molar-refractivity contribution in [2.75, 3.05) is 52.5 Å². The van der Waals surface area contributed by atoms with Gasteiger partial charge in [0.1, 0.15) is 0 Å². The summed E-state index contributed by atoms with van der Waals surface area (Å²) in [7, 11) is 0. The van der Waals surface area contributed by atoms with E-state index < -0.39 is 0 Å². The lowest BCUT2D eigenvalue weighted by Gasteiger charge is -2.35. The van der Waals surface area contributed by atoms with Crippen LogP contribution in [-0.2, 0) is 4.74 Å². The van der Waals surface area contributed by atoms with Gasteiger partial charge in [0.05, 0.1) is 19.3 Å². The first-order valence-electron chi connectivity index (χ1n) is 7.97. The molecule has 0 aromatic rings. The molecular formula is C15H30N2O2. The molecule has 1 N–H and O–H groups in total. The van der Waals surface area contributed by atoms with Crippen LogP contribution < -0.4 is 0 Å². The standard InChI is InChI=1S/C15H30N2O2/c1-14-4-2-3-5-15(14)19-13-11-17-8-6-16(7-9-17)10-12-18/h14-15,18H,2-13H2,1H3. The molecule has 1 heterocycles. The molecule has 0 aromatic carbocycles. The van der Waals surface area contributed by atoms with E-state index in [1.54, 1.807) is 0 Å². The highest BCUT2D eigenvalue weighted by atomic mass is 16.5. The molecule has 2 unspecified atom stereocenters. The molecule has 2 atom stereocenters. The van der Waals surface area contributed by atoms with Crippen molar-refractivity contribution in [2.45, 2.75) is 38.7 Å². The first kappa shape index (κ1) is 15.2. The van der Waals surface area contributed by atoms with Gasteiger partial charge in [-0.3, -0.25) is 9.80 Å². The van der Waals surface area contributed by atoms with E-state index in [1.165, 1.54) is 25.7 Å². The molecular weight excluding hydrogens is 240 g/mol. The Morgan fingerprint density at radius 1 is 1.00 bits per heavy atom. The number of piperazine rings is 1. The van der Waals surface area contributed by atoms with Crippen LogP contribution in [0.2, 0.25) is 0 Å². The smallest absolute Gasteiger partial charge is 0.0601 e. The molecule has 0 aromatic heterocycles. The van der Waals surface area contributed by atoms with Crippen LogP contribution in [0, 0.1) is 5.92 Å². The molecule has 1 saturated heterocycles. The van der Waals surface area contributed by atoms with E-state index >= 15 is 0 Å². The molecule has 0 spiro atoms. The van der Waals surface area contributed by atoms with Crippen LogP contribution >= 0.6 is 0 Å². The Bertz CT molecular complexity index is 242. The Morgan fingerprint density at radius 2 is 1.63 bits per heavy atom. The van der Waals surface area contributed by atoms with Gasteiger partial charge in [0.15, 0.2) is 0 Å². The van der Waals surface area contributed by atoms with Crippen LogP contribution in [0.3, 0.4) is 0 Å². The van der Waals surface area contributed by atoms with Gasteiger partial charge in [0, 0.05) is 39.3 Å². The van der Waals surface area contributed by atoms with Crippen molar-refractivity contribution in [1.29, 1.82) is 0 Å². The second-order valence-electron chi connectivity index (χ2n) is 6.08. The average Bonchev–Trinajstić information content (AvgIpc) is 2.43. The molecule has 4 nitrogen and oxygen atoms in total. The molecule has 4 heteroatoms.